The zero-order chi connectivity index (χ0) is 19.9. The molecule has 0 aliphatic rings. The van der Waals surface area contributed by atoms with Crippen LogP contribution in [0, 0.1) is 18.3 Å². The minimum absolute atomic E-state index is 0.0718. The van der Waals surface area contributed by atoms with Crippen molar-refractivity contribution in [3.8, 4) is 17.5 Å². The second-order valence-corrected chi connectivity index (χ2v) is 7.18. The van der Waals surface area contributed by atoms with Crippen molar-refractivity contribution in [2.75, 3.05) is 5.75 Å². The predicted molar refractivity (Wildman–Crippen MR) is 110 cm³/mol. The standard InChI is InChI=1S/C21H21N5OS/c1-3-26-20(18-7-5-4-6-15(18)2)24-25-21(26)28-14-19(27)23-13-17-10-8-16(12-22)9-11-17/h4-11H,3,13-14H2,1-2H3,(H,23,27). The summed E-state index contributed by atoms with van der Waals surface area (Å²) in [4.78, 5) is 12.2. The molecule has 142 valence electrons. The van der Waals surface area contributed by atoms with E-state index in [1.807, 2.05) is 54.8 Å². The lowest BCUT2D eigenvalue weighted by molar-refractivity contribution is -0.118. The minimum atomic E-state index is -0.0718. The second-order valence-electron chi connectivity index (χ2n) is 6.24. The number of nitrogens with one attached hydrogen (secondary N) is 1. The fraction of sp³-hybridized carbons (Fsp3) is 0.238. The molecule has 0 atom stereocenters. The summed E-state index contributed by atoms with van der Waals surface area (Å²) in [7, 11) is 0. The van der Waals surface area contributed by atoms with E-state index in [0.29, 0.717) is 12.1 Å². The van der Waals surface area contributed by atoms with Gasteiger partial charge in [-0.05, 0) is 37.1 Å². The Balaban J connectivity index is 1.60. The number of hydrogen-bond acceptors (Lipinski definition) is 5. The molecule has 0 aliphatic heterocycles. The van der Waals surface area contributed by atoms with Crippen LogP contribution in [0.5, 0.6) is 0 Å². The Labute approximate surface area is 168 Å². The summed E-state index contributed by atoms with van der Waals surface area (Å²) >= 11 is 1.38. The van der Waals surface area contributed by atoms with Crippen molar-refractivity contribution >= 4 is 17.7 Å². The fourth-order valence-corrected chi connectivity index (χ4v) is 3.61. The lowest BCUT2D eigenvalue weighted by atomic mass is 10.1. The smallest absolute Gasteiger partial charge is 0.230 e. The van der Waals surface area contributed by atoms with Gasteiger partial charge in [0.15, 0.2) is 11.0 Å². The molecule has 0 aliphatic carbocycles. The van der Waals surface area contributed by atoms with E-state index in [-0.39, 0.29) is 11.7 Å². The molecule has 0 spiro atoms. The zero-order valence-electron chi connectivity index (χ0n) is 15.8. The van der Waals surface area contributed by atoms with Crippen molar-refractivity contribution in [3.05, 3.63) is 65.2 Å². The van der Waals surface area contributed by atoms with Gasteiger partial charge in [-0.2, -0.15) is 5.26 Å². The summed E-state index contributed by atoms with van der Waals surface area (Å²) in [5, 5.41) is 21.1. The van der Waals surface area contributed by atoms with Crippen LogP contribution in [0.1, 0.15) is 23.6 Å². The molecule has 0 unspecified atom stereocenters. The molecule has 6 nitrogen and oxygen atoms in total. The number of aryl methyl sites for hydroxylation is 1. The molecular weight excluding hydrogens is 370 g/mol. The summed E-state index contributed by atoms with van der Waals surface area (Å²) < 4.78 is 2.03. The van der Waals surface area contributed by atoms with E-state index in [0.717, 1.165) is 34.2 Å². The highest BCUT2D eigenvalue weighted by molar-refractivity contribution is 7.99. The molecule has 1 N–H and O–H groups in total. The number of hydrogen-bond donors (Lipinski definition) is 1. The first-order valence-corrected chi connectivity index (χ1v) is 9.98. The Morgan fingerprint density at radius 3 is 2.61 bits per heavy atom. The summed E-state index contributed by atoms with van der Waals surface area (Å²) in [6.45, 7) is 5.25. The summed E-state index contributed by atoms with van der Waals surface area (Å²) in [5.74, 6) is 1.01. The summed E-state index contributed by atoms with van der Waals surface area (Å²) in [5.41, 5.74) is 3.75. The average molecular weight is 392 g/mol. The van der Waals surface area contributed by atoms with Crippen molar-refractivity contribution in [3.63, 3.8) is 0 Å². The highest BCUT2D eigenvalue weighted by atomic mass is 32.2. The van der Waals surface area contributed by atoms with E-state index in [1.54, 1.807) is 12.1 Å². The van der Waals surface area contributed by atoms with E-state index in [4.69, 9.17) is 5.26 Å². The maximum Gasteiger partial charge on any atom is 0.230 e. The lowest BCUT2D eigenvalue weighted by Gasteiger charge is -2.09. The van der Waals surface area contributed by atoms with Gasteiger partial charge in [0.25, 0.3) is 0 Å². The number of rotatable bonds is 7. The molecule has 3 rings (SSSR count). The largest absolute Gasteiger partial charge is 0.351 e. The molecule has 1 amide bonds. The first kappa shape index (κ1) is 19.6. The molecule has 1 aromatic heterocycles. The monoisotopic (exact) mass is 391 g/mol. The highest BCUT2D eigenvalue weighted by Gasteiger charge is 2.15. The number of benzene rings is 2. The van der Waals surface area contributed by atoms with Crippen molar-refractivity contribution < 1.29 is 4.79 Å². The van der Waals surface area contributed by atoms with Crippen LogP contribution in [-0.2, 0) is 17.9 Å². The Bertz CT molecular complexity index is 1000. The number of nitrogens with zero attached hydrogens (tertiary/aromatic N) is 4. The maximum absolute atomic E-state index is 12.2. The van der Waals surface area contributed by atoms with Crippen molar-refractivity contribution in [1.82, 2.24) is 20.1 Å². The maximum atomic E-state index is 12.2. The van der Waals surface area contributed by atoms with Crippen LogP contribution < -0.4 is 5.32 Å². The number of thioether (sulfide) groups is 1. The van der Waals surface area contributed by atoms with Crippen LogP contribution in [0.4, 0.5) is 0 Å². The minimum Gasteiger partial charge on any atom is -0.351 e. The topological polar surface area (TPSA) is 83.6 Å². The van der Waals surface area contributed by atoms with Crippen LogP contribution in [0.25, 0.3) is 11.4 Å². The third-order valence-electron chi connectivity index (χ3n) is 4.32. The predicted octanol–water partition coefficient (Wildman–Crippen LogP) is 3.55. The summed E-state index contributed by atoms with van der Waals surface area (Å²) in [6.07, 6.45) is 0. The van der Waals surface area contributed by atoms with Crippen LogP contribution >= 0.6 is 11.8 Å². The van der Waals surface area contributed by atoms with Gasteiger partial charge in [-0.15, -0.1) is 10.2 Å². The van der Waals surface area contributed by atoms with Gasteiger partial charge < -0.3 is 9.88 Å². The van der Waals surface area contributed by atoms with Gasteiger partial charge in [0, 0.05) is 18.7 Å². The van der Waals surface area contributed by atoms with Crippen LogP contribution in [0.3, 0.4) is 0 Å². The van der Waals surface area contributed by atoms with E-state index < -0.39 is 0 Å². The summed E-state index contributed by atoms with van der Waals surface area (Å²) in [6, 6.07) is 17.3. The second kappa shape index (κ2) is 9.20. The molecule has 0 fully saturated rings. The molecule has 3 aromatic rings. The van der Waals surface area contributed by atoms with Crippen molar-refractivity contribution in [1.29, 1.82) is 5.26 Å². The highest BCUT2D eigenvalue weighted by Crippen LogP contribution is 2.26. The van der Waals surface area contributed by atoms with E-state index in [2.05, 4.69) is 21.6 Å². The number of carbonyl (C=O) groups excluding carboxylic acids is 1. The molecular formula is C21H21N5OS. The third-order valence-corrected chi connectivity index (χ3v) is 5.29. The Morgan fingerprint density at radius 1 is 1.18 bits per heavy atom. The molecule has 0 saturated carbocycles. The quantitative estimate of drug-likeness (QED) is 0.623. The van der Waals surface area contributed by atoms with E-state index in [9.17, 15) is 4.79 Å². The van der Waals surface area contributed by atoms with Crippen LogP contribution in [0.15, 0.2) is 53.7 Å². The molecule has 0 bridgehead atoms. The van der Waals surface area contributed by atoms with E-state index in [1.165, 1.54) is 11.8 Å². The van der Waals surface area contributed by atoms with Gasteiger partial charge in [0.1, 0.15) is 0 Å². The van der Waals surface area contributed by atoms with Gasteiger partial charge in [0.2, 0.25) is 5.91 Å². The van der Waals surface area contributed by atoms with Gasteiger partial charge in [0.05, 0.1) is 17.4 Å². The van der Waals surface area contributed by atoms with Crippen LogP contribution in [0.2, 0.25) is 0 Å². The molecule has 28 heavy (non-hydrogen) atoms. The Hall–Kier alpha value is -3.11. The average Bonchev–Trinajstić information content (AvgIpc) is 3.14. The van der Waals surface area contributed by atoms with Crippen molar-refractivity contribution in [2.24, 2.45) is 0 Å². The number of aromatic nitrogens is 3. The fourth-order valence-electron chi connectivity index (χ4n) is 2.78. The van der Waals surface area contributed by atoms with Gasteiger partial charge in [-0.3, -0.25) is 4.79 Å². The first-order chi connectivity index (χ1) is 13.6. The number of amides is 1. The number of carbonyl (C=O) groups is 1. The normalized spacial score (nSPS) is 10.5. The zero-order valence-corrected chi connectivity index (χ0v) is 16.7. The molecule has 0 radical (unpaired) electrons. The third kappa shape index (κ3) is 4.59. The van der Waals surface area contributed by atoms with Gasteiger partial charge in [-0.25, -0.2) is 0 Å². The van der Waals surface area contributed by atoms with E-state index >= 15 is 0 Å². The molecule has 0 saturated heterocycles. The van der Waals surface area contributed by atoms with Crippen LogP contribution in [-0.4, -0.2) is 26.4 Å². The Morgan fingerprint density at radius 2 is 1.93 bits per heavy atom. The SMILES string of the molecule is CCn1c(SCC(=O)NCc2ccc(C#N)cc2)nnc1-c1ccccc1C. The van der Waals surface area contributed by atoms with Gasteiger partial charge >= 0.3 is 0 Å². The molecule has 2 aromatic carbocycles. The number of nitriles is 1. The molecule has 7 heteroatoms. The first-order valence-electron chi connectivity index (χ1n) is 9.00. The molecule has 1 heterocycles. The van der Waals surface area contributed by atoms with Gasteiger partial charge in [-0.1, -0.05) is 48.2 Å². The van der Waals surface area contributed by atoms with Crippen molar-refractivity contribution in [2.45, 2.75) is 32.1 Å². The lowest BCUT2D eigenvalue weighted by Crippen LogP contribution is -2.24. The Kier molecular flexibility index (Phi) is 6.45.